The van der Waals surface area contributed by atoms with Gasteiger partial charge >= 0.3 is 0 Å². The van der Waals surface area contributed by atoms with Crippen molar-refractivity contribution in [1.29, 1.82) is 0 Å². The first-order valence-corrected chi connectivity index (χ1v) is 10.1. The summed E-state index contributed by atoms with van der Waals surface area (Å²) in [4.78, 5) is 19.1. The molecule has 2 heterocycles. The molecule has 3 aromatic rings. The standard InChI is InChI=1S/C22H23ClN4O2/c1-15-6-2-3-7-17(15)21-25-22(29-26-21)16-10-12-27(13-11-16)14-20(28)24-19-9-5-4-8-18(19)23/h2-9,16H,10-14H2,1H3,(H,24,28). The average Bonchev–Trinajstić information content (AvgIpc) is 3.20. The number of nitrogens with zero attached hydrogens (tertiary/aromatic N) is 3. The van der Waals surface area contributed by atoms with Gasteiger partial charge in [0.05, 0.1) is 17.3 Å². The number of hydrogen-bond acceptors (Lipinski definition) is 5. The summed E-state index contributed by atoms with van der Waals surface area (Å²) in [6.45, 7) is 4.00. The predicted octanol–water partition coefficient (Wildman–Crippen LogP) is 4.52. The van der Waals surface area contributed by atoms with Crippen molar-refractivity contribution in [2.24, 2.45) is 0 Å². The van der Waals surface area contributed by atoms with Crippen LogP contribution >= 0.6 is 11.6 Å². The van der Waals surface area contributed by atoms with Crippen molar-refractivity contribution in [1.82, 2.24) is 15.0 Å². The van der Waals surface area contributed by atoms with E-state index in [-0.39, 0.29) is 11.8 Å². The van der Waals surface area contributed by atoms with Gasteiger partial charge in [-0.05, 0) is 50.6 Å². The lowest BCUT2D eigenvalue weighted by Crippen LogP contribution is -2.38. The Morgan fingerprint density at radius 1 is 1.17 bits per heavy atom. The summed E-state index contributed by atoms with van der Waals surface area (Å²) in [5.41, 5.74) is 2.76. The molecule has 1 aliphatic rings. The van der Waals surface area contributed by atoms with Gasteiger partial charge in [-0.2, -0.15) is 4.98 Å². The van der Waals surface area contributed by atoms with Crippen LogP contribution in [-0.4, -0.2) is 40.6 Å². The SMILES string of the molecule is Cc1ccccc1-c1noc(C2CCN(CC(=O)Nc3ccccc3Cl)CC2)n1. The number of amides is 1. The van der Waals surface area contributed by atoms with Crippen LogP contribution in [-0.2, 0) is 4.79 Å². The Bertz CT molecular complexity index is 996. The largest absolute Gasteiger partial charge is 0.339 e. The van der Waals surface area contributed by atoms with Crippen LogP contribution in [0.3, 0.4) is 0 Å². The van der Waals surface area contributed by atoms with E-state index in [1.807, 2.05) is 43.3 Å². The number of aryl methyl sites for hydroxylation is 1. The molecule has 0 aliphatic carbocycles. The molecule has 0 bridgehead atoms. The maximum Gasteiger partial charge on any atom is 0.238 e. The van der Waals surface area contributed by atoms with E-state index in [1.165, 1.54) is 0 Å². The number of aromatic nitrogens is 2. The summed E-state index contributed by atoms with van der Waals surface area (Å²) in [5.74, 6) is 1.49. The van der Waals surface area contributed by atoms with Gasteiger partial charge in [0, 0.05) is 11.5 Å². The van der Waals surface area contributed by atoms with Crippen LogP contribution in [0.25, 0.3) is 11.4 Å². The molecular weight excluding hydrogens is 388 g/mol. The Kier molecular flexibility index (Phi) is 5.92. The molecule has 0 atom stereocenters. The van der Waals surface area contributed by atoms with Crippen LogP contribution in [0.1, 0.15) is 30.2 Å². The number of benzene rings is 2. The van der Waals surface area contributed by atoms with Crippen molar-refractivity contribution >= 4 is 23.2 Å². The van der Waals surface area contributed by atoms with E-state index in [2.05, 4.69) is 20.4 Å². The molecule has 1 amide bonds. The van der Waals surface area contributed by atoms with E-state index in [9.17, 15) is 4.79 Å². The number of piperidine rings is 1. The van der Waals surface area contributed by atoms with Gasteiger partial charge in [0.25, 0.3) is 0 Å². The molecule has 1 N–H and O–H groups in total. The van der Waals surface area contributed by atoms with Gasteiger partial charge in [0.1, 0.15) is 0 Å². The molecule has 6 nitrogen and oxygen atoms in total. The van der Waals surface area contributed by atoms with E-state index in [0.29, 0.717) is 29.0 Å². The molecule has 1 fully saturated rings. The Morgan fingerprint density at radius 3 is 2.66 bits per heavy atom. The van der Waals surface area contributed by atoms with Gasteiger partial charge in [0.2, 0.25) is 17.6 Å². The molecule has 2 aromatic carbocycles. The highest BCUT2D eigenvalue weighted by molar-refractivity contribution is 6.33. The van der Waals surface area contributed by atoms with Crippen molar-refractivity contribution in [2.75, 3.05) is 25.0 Å². The van der Waals surface area contributed by atoms with Crippen LogP contribution < -0.4 is 5.32 Å². The second-order valence-electron chi connectivity index (χ2n) is 7.35. The fourth-order valence-corrected chi connectivity index (χ4v) is 3.81. The molecule has 4 rings (SSSR count). The summed E-state index contributed by atoms with van der Waals surface area (Å²) in [6.07, 6.45) is 1.77. The number of nitrogens with one attached hydrogen (secondary N) is 1. The minimum Gasteiger partial charge on any atom is -0.339 e. The topological polar surface area (TPSA) is 71.3 Å². The highest BCUT2D eigenvalue weighted by atomic mass is 35.5. The minimum absolute atomic E-state index is 0.0591. The number of para-hydroxylation sites is 1. The zero-order chi connectivity index (χ0) is 20.2. The quantitative estimate of drug-likeness (QED) is 0.669. The van der Waals surface area contributed by atoms with E-state index >= 15 is 0 Å². The molecule has 0 spiro atoms. The van der Waals surface area contributed by atoms with E-state index in [4.69, 9.17) is 16.1 Å². The second kappa shape index (κ2) is 8.76. The average molecular weight is 411 g/mol. The smallest absolute Gasteiger partial charge is 0.238 e. The zero-order valence-electron chi connectivity index (χ0n) is 16.3. The third kappa shape index (κ3) is 4.66. The third-order valence-corrected chi connectivity index (χ3v) is 5.61. The summed E-state index contributed by atoms with van der Waals surface area (Å²) < 4.78 is 5.55. The number of halogens is 1. The lowest BCUT2D eigenvalue weighted by molar-refractivity contribution is -0.117. The first-order valence-electron chi connectivity index (χ1n) is 9.76. The van der Waals surface area contributed by atoms with Gasteiger partial charge < -0.3 is 9.84 Å². The molecule has 0 unspecified atom stereocenters. The zero-order valence-corrected chi connectivity index (χ0v) is 17.0. The van der Waals surface area contributed by atoms with E-state index in [1.54, 1.807) is 12.1 Å². The molecule has 29 heavy (non-hydrogen) atoms. The summed E-state index contributed by atoms with van der Waals surface area (Å²) in [7, 11) is 0. The van der Waals surface area contributed by atoms with Crippen molar-refractivity contribution in [3.63, 3.8) is 0 Å². The fourth-order valence-electron chi connectivity index (χ4n) is 3.63. The van der Waals surface area contributed by atoms with Crippen molar-refractivity contribution in [3.8, 4) is 11.4 Å². The predicted molar refractivity (Wildman–Crippen MR) is 113 cm³/mol. The highest BCUT2D eigenvalue weighted by Crippen LogP contribution is 2.29. The summed E-state index contributed by atoms with van der Waals surface area (Å²) in [6, 6.07) is 15.3. The Balaban J connectivity index is 1.31. The molecule has 0 radical (unpaired) electrons. The molecule has 1 aromatic heterocycles. The highest BCUT2D eigenvalue weighted by Gasteiger charge is 2.26. The van der Waals surface area contributed by atoms with Gasteiger partial charge in [-0.15, -0.1) is 0 Å². The number of carbonyl (C=O) groups is 1. The monoisotopic (exact) mass is 410 g/mol. The van der Waals surface area contributed by atoms with Crippen LogP contribution in [0.15, 0.2) is 53.1 Å². The fraction of sp³-hybridized carbons (Fsp3) is 0.318. The maximum absolute atomic E-state index is 12.3. The van der Waals surface area contributed by atoms with Gasteiger partial charge in [-0.3, -0.25) is 9.69 Å². The van der Waals surface area contributed by atoms with Crippen LogP contribution in [0.4, 0.5) is 5.69 Å². The molecule has 1 saturated heterocycles. The minimum atomic E-state index is -0.0591. The maximum atomic E-state index is 12.3. The van der Waals surface area contributed by atoms with Gasteiger partial charge in [-0.1, -0.05) is 53.2 Å². The number of hydrogen-bond donors (Lipinski definition) is 1. The first-order chi connectivity index (χ1) is 14.1. The van der Waals surface area contributed by atoms with Crippen LogP contribution in [0, 0.1) is 6.92 Å². The number of anilines is 1. The number of carbonyl (C=O) groups excluding carboxylic acids is 1. The lowest BCUT2D eigenvalue weighted by atomic mass is 9.96. The number of rotatable bonds is 5. The van der Waals surface area contributed by atoms with Crippen molar-refractivity contribution < 1.29 is 9.32 Å². The van der Waals surface area contributed by atoms with Crippen LogP contribution in [0.2, 0.25) is 5.02 Å². The van der Waals surface area contributed by atoms with Crippen molar-refractivity contribution in [3.05, 3.63) is 65.0 Å². The number of likely N-dealkylation sites (tertiary alicyclic amines) is 1. The Hall–Kier alpha value is -2.70. The summed E-state index contributed by atoms with van der Waals surface area (Å²) >= 11 is 6.10. The normalized spacial score (nSPS) is 15.4. The van der Waals surface area contributed by atoms with Crippen molar-refractivity contribution in [2.45, 2.75) is 25.7 Å². The first kappa shape index (κ1) is 19.6. The Morgan fingerprint density at radius 2 is 1.90 bits per heavy atom. The molecule has 0 saturated carbocycles. The van der Waals surface area contributed by atoms with Crippen LogP contribution in [0.5, 0.6) is 0 Å². The molecule has 150 valence electrons. The molecule has 7 heteroatoms. The molecular formula is C22H23ClN4O2. The Labute approximate surface area is 174 Å². The van der Waals surface area contributed by atoms with E-state index in [0.717, 1.165) is 37.1 Å². The third-order valence-electron chi connectivity index (χ3n) is 5.28. The van der Waals surface area contributed by atoms with Gasteiger partial charge in [-0.25, -0.2) is 0 Å². The lowest BCUT2D eigenvalue weighted by Gasteiger charge is -2.29. The molecule has 1 aliphatic heterocycles. The van der Waals surface area contributed by atoms with Gasteiger partial charge in [0.15, 0.2) is 0 Å². The van der Waals surface area contributed by atoms with E-state index < -0.39 is 0 Å². The second-order valence-corrected chi connectivity index (χ2v) is 7.76. The summed E-state index contributed by atoms with van der Waals surface area (Å²) in [5, 5.41) is 7.58.